The molecule has 1 aromatic rings. The molecule has 2 fully saturated rings. The van der Waals surface area contributed by atoms with Crippen molar-refractivity contribution in [1.29, 1.82) is 0 Å². The predicted molar refractivity (Wildman–Crippen MR) is 120 cm³/mol. The minimum atomic E-state index is -3.54. The quantitative estimate of drug-likeness (QED) is 0.748. The Morgan fingerprint density at radius 1 is 0.935 bits per heavy atom. The number of nitrogens with zero attached hydrogens (tertiary/aromatic N) is 2. The summed E-state index contributed by atoms with van der Waals surface area (Å²) in [5.41, 5.74) is 2.02. The molecule has 0 saturated carbocycles. The highest BCUT2D eigenvalue weighted by molar-refractivity contribution is 7.89. The molecule has 2 aliphatic heterocycles. The van der Waals surface area contributed by atoms with Gasteiger partial charge in [-0.2, -0.15) is 4.31 Å². The zero-order valence-electron chi connectivity index (χ0n) is 19.1. The fourth-order valence-corrected chi connectivity index (χ4v) is 5.94. The van der Waals surface area contributed by atoms with E-state index in [1.807, 2.05) is 38.7 Å². The van der Waals surface area contributed by atoms with Gasteiger partial charge < -0.3 is 10.2 Å². The molecule has 1 N–H and O–H groups in total. The second-order valence-electron chi connectivity index (χ2n) is 9.19. The van der Waals surface area contributed by atoms with Crippen molar-refractivity contribution in [2.75, 3.05) is 26.2 Å². The van der Waals surface area contributed by atoms with Gasteiger partial charge in [-0.3, -0.25) is 9.59 Å². The molecule has 2 heterocycles. The lowest BCUT2D eigenvalue weighted by molar-refractivity contribution is -0.140. The molecule has 2 aliphatic rings. The molecule has 7 nitrogen and oxygen atoms in total. The van der Waals surface area contributed by atoms with Gasteiger partial charge in [0.1, 0.15) is 0 Å². The van der Waals surface area contributed by atoms with Gasteiger partial charge in [0.15, 0.2) is 0 Å². The first-order chi connectivity index (χ1) is 14.6. The van der Waals surface area contributed by atoms with Crippen molar-refractivity contribution < 1.29 is 18.0 Å². The topological polar surface area (TPSA) is 86.8 Å². The minimum absolute atomic E-state index is 0.0311. The van der Waals surface area contributed by atoms with Gasteiger partial charge in [-0.15, -0.1) is 0 Å². The molecule has 0 atom stereocenters. The van der Waals surface area contributed by atoms with Crippen molar-refractivity contribution in [2.24, 2.45) is 11.8 Å². The first-order valence-corrected chi connectivity index (χ1v) is 12.7. The summed E-state index contributed by atoms with van der Waals surface area (Å²) < 4.78 is 27.5. The van der Waals surface area contributed by atoms with Crippen LogP contribution in [0.4, 0.5) is 0 Å². The lowest BCUT2D eigenvalue weighted by atomic mass is 9.92. The maximum Gasteiger partial charge on any atom is 0.243 e. The summed E-state index contributed by atoms with van der Waals surface area (Å²) in [6, 6.07) is 5.34. The highest BCUT2D eigenvalue weighted by atomic mass is 32.2. The van der Waals surface area contributed by atoms with Crippen LogP contribution in [0.2, 0.25) is 0 Å². The van der Waals surface area contributed by atoms with Crippen LogP contribution in [0.5, 0.6) is 0 Å². The third-order valence-corrected chi connectivity index (χ3v) is 8.42. The maximum absolute atomic E-state index is 13.0. The average Bonchev–Trinajstić information content (AvgIpc) is 2.74. The molecule has 0 aromatic heterocycles. The number of nitrogens with one attached hydrogen (secondary N) is 1. The first-order valence-electron chi connectivity index (χ1n) is 11.3. The molecule has 2 saturated heterocycles. The summed E-state index contributed by atoms with van der Waals surface area (Å²) in [6.45, 7) is 9.67. The van der Waals surface area contributed by atoms with E-state index in [9.17, 15) is 18.0 Å². The Morgan fingerprint density at radius 3 is 2.06 bits per heavy atom. The van der Waals surface area contributed by atoms with E-state index in [0.29, 0.717) is 56.8 Å². The van der Waals surface area contributed by atoms with Gasteiger partial charge in [-0.05, 0) is 76.6 Å². The minimum Gasteiger partial charge on any atom is -0.354 e. The highest BCUT2D eigenvalue weighted by Crippen LogP contribution is 2.27. The van der Waals surface area contributed by atoms with Crippen molar-refractivity contribution in [2.45, 2.75) is 64.3 Å². The monoisotopic (exact) mass is 449 g/mol. The van der Waals surface area contributed by atoms with Crippen LogP contribution in [-0.4, -0.2) is 61.7 Å². The number of carbonyl (C=O) groups excluding carboxylic acids is 2. The summed E-state index contributed by atoms with van der Waals surface area (Å²) in [5, 5.41) is 2.95. The van der Waals surface area contributed by atoms with Crippen molar-refractivity contribution in [3.05, 3.63) is 29.3 Å². The number of benzene rings is 1. The van der Waals surface area contributed by atoms with E-state index in [-0.39, 0.29) is 29.7 Å². The summed E-state index contributed by atoms with van der Waals surface area (Å²) in [7, 11) is -3.54. The summed E-state index contributed by atoms with van der Waals surface area (Å²) in [6.07, 6.45) is 2.45. The Bertz CT molecular complexity index is 913. The normalized spacial score (nSPS) is 19.6. The van der Waals surface area contributed by atoms with E-state index in [1.54, 1.807) is 12.1 Å². The molecule has 0 aliphatic carbocycles. The molecule has 2 amide bonds. The molecule has 0 bridgehead atoms. The average molecular weight is 450 g/mol. The molecule has 1 aromatic carbocycles. The molecular weight excluding hydrogens is 414 g/mol. The van der Waals surface area contributed by atoms with Gasteiger partial charge in [-0.25, -0.2) is 8.42 Å². The van der Waals surface area contributed by atoms with Crippen LogP contribution in [0.3, 0.4) is 0 Å². The smallest absolute Gasteiger partial charge is 0.243 e. The largest absolute Gasteiger partial charge is 0.354 e. The Morgan fingerprint density at radius 2 is 1.52 bits per heavy atom. The van der Waals surface area contributed by atoms with Crippen molar-refractivity contribution in [3.8, 4) is 0 Å². The lowest BCUT2D eigenvalue weighted by Crippen LogP contribution is -2.48. The molecule has 0 radical (unpaired) electrons. The van der Waals surface area contributed by atoms with Gasteiger partial charge in [0, 0.05) is 44.1 Å². The van der Waals surface area contributed by atoms with Gasteiger partial charge in [0.25, 0.3) is 0 Å². The number of aryl methyl sites for hydroxylation is 2. The summed E-state index contributed by atoms with van der Waals surface area (Å²) in [5.74, 6) is 0.00144. The first kappa shape index (κ1) is 23.7. The van der Waals surface area contributed by atoms with Crippen LogP contribution in [0, 0.1) is 25.7 Å². The Kier molecular flexibility index (Phi) is 7.42. The summed E-state index contributed by atoms with van der Waals surface area (Å²) in [4.78, 5) is 27.3. The molecular formula is C23H35N3O4S. The number of hydrogen-bond acceptors (Lipinski definition) is 4. The lowest BCUT2D eigenvalue weighted by Gasteiger charge is -2.36. The highest BCUT2D eigenvalue weighted by Gasteiger charge is 2.35. The number of carbonyl (C=O) groups is 2. The van der Waals surface area contributed by atoms with Gasteiger partial charge in [0.05, 0.1) is 4.90 Å². The van der Waals surface area contributed by atoms with Gasteiger partial charge in [-0.1, -0.05) is 6.07 Å². The third-order valence-electron chi connectivity index (χ3n) is 6.53. The number of sulfonamides is 1. The van der Waals surface area contributed by atoms with E-state index >= 15 is 0 Å². The molecule has 0 spiro atoms. The zero-order chi connectivity index (χ0) is 22.8. The third kappa shape index (κ3) is 5.47. The summed E-state index contributed by atoms with van der Waals surface area (Å²) >= 11 is 0. The Balaban J connectivity index is 1.53. The standard InChI is InChI=1S/C23H35N3O4S/c1-16(2)24-22(27)19-7-11-25(12-8-19)23(28)20-9-13-26(14-10-20)31(29,30)21-6-5-17(3)18(4)15-21/h5-6,15-16,19-20H,7-14H2,1-4H3,(H,24,27). The fourth-order valence-electron chi connectivity index (χ4n) is 4.39. The van der Waals surface area contributed by atoms with Crippen LogP contribution in [0.1, 0.15) is 50.7 Å². The van der Waals surface area contributed by atoms with Crippen LogP contribution in [-0.2, 0) is 19.6 Å². The van der Waals surface area contributed by atoms with Crippen molar-refractivity contribution >= 4 is 21.8 Å². The van der Waals surface area contributed by atoms with Gasteiger partial charge in [0.2, 0.25) is 21.8 Å². The molecule has 3 rings (SSSR count). The molecule has 0 unspecified atom stereocenters. The van der Waals surface area contributed by atoms with Crippen LogP contribution >= 0.6 is 0 Å². The number of rotatable bonds is 5. The van der Waals surface area contributed by atoms with Crippen LogP contribution in [0.25, 0.3) is 0 Å². The number of piperidine rings is 2. The van der Waals surface area contributed by atoms with E-state index in [2.05, 4.69) is 5.32 Å². The molecule has 8 heteroatoms. The SMILES string of the molecule is Cc1ccc(S(=O)(=O)N2CCC(C(=O)N3CCC(C(=O)NC(C)C)CC3)CC2)cc1C. The molecule has 172 valence electrons. The maximum atomic E-state index is 13.0. The second kappa shape index (κ2) is 9.69. The van der Waals surface area contributed by atoms with E-state index < -0.39 is 10.0 Å². The van der Waals surface area contributed by atoms with Gasteiger partial charge >= 0.3 is 0 Å². The van der Waals surface area contributed by atoms with Crippen LogP contribution < -0.4 is 5.32 Å². The Hall–Kier alpha value is -1.93. The molecule has 31 heavy (non-hydrogen) atoms. The second-order valence-corrected chi connectivity index (χ2v) is 11.1. The number of likely N-dealkylation sites (tertiary alicyclic amines) is 1. The number of amides is 2. The van der Waals surface area contributed by atoms with Crippen LogP contribution in [0.15, 0.2) is 23.1 Å². The van der Waals surface area contributed by atoms with Crippen molar-refractivity contribution in [3.63, 3.8) is 0 Å². The van der Waals surface area contributed by atoms with Crippen molar-refractivity contribution in [1.82, 2.24) is 14.5 Å². The fraction of sp³-hybridized carbons (Fsp3) is 0.652. The zero-order valence-corrected chi connectivity index (χ0v) is 19.9. The van der Waals surface area contributed by atoms with E-state index in [4.69, 9.17) is 0 Å². The van der Waals surface area contributed by atoms with E-state index in [1.165, 1.54) is 4.31 Å². The predicted octanol–water partition coefficient (Wildman–Crippen LogP) is 2.47. The Labute approximate surface area is 186 Å². The van der Waals surface area contributed by atoms with E-state index in [0.717, 1.165) is 11.1 Å². The number of hydrogen-bond donors (Lipinski definition) is 1.